The summed E-state index contributed by atoms with van der Waals surface area (Å²) in [5.41, 5.74) is 1.83. The van der Waals surface area contributed by atoms with Crippen molar-refractivity contribution in [2.45, 2.75) is 32.2 Å². The Morgan fingerprint density at radius 3 is 2.75 bits per heavy atom. The number of hydrogen-bond donors (Lipinski definition) is 3. The maximum atomic E-state index is 9.63. The Morgan fingerprint density at radius 1 is 1.38 bits per heavy atom. The molecule has 1 aromatic carbocycles. The molecule has 1 unspecified atom stereocenters. The second-order valence-electron chi connectivity index (χ2n) is 4.29. The van der Waals surface area contributed by atoms with E-state index in [-0.39, 0.29) is 22.6 Å². The third kappa shape index (κ3) is 1.97. The van der Waals surface area contributed by atoms with Crippen molar-refractivity contribution in [1.29, 1.82) is 0 Å². The van der Waals surface area contributed by atoms with E-state index in [2.05, 4.69) is 5.32 Å². The maximum absolute atomic E-state index is 9.63. The van der Waals surface area contributed by atoms with E-state index in [1.54, 1.807) is 6.07 Å². The Balaban J connectivity index is 2.42. The van der Waals surface area contributed by atoms with Gasteiger partial charge in [-0.15, -0.1) is 0 Å². The molecule has 1 aromatic rings. The topological polar surface area (TPSA) is 52.5 Å². The van der Waals surface area contributed by atoms with Crippen molar-refractivity contribution in [3.05, 3.63) is 22.2 Å². The van der Waals surface area contributed by atoms with Gasteiger partial charge in [-0.05, 0) is 43.5 Å². The van der Waals surface area contributed by atoms with Gasteiger partial charge in [0.1, 0.15) is 0 Å². The van der Waals surface area contributed by atoms with E-state index in [0.29, 0.717) is 0 Å². The van der Waals surface area contributed by atoms with Crippen LogP contribution in [0.15, 0.2) is 6.07 Å². The smallest absolute Gasteiger partial charge is 0.176 e. The quantitative estimate of drug-likeness (QED) is 0.663. The van der Waals surface area contributed by atoms with Gasteiger partial charge in [0, 0.05) is 6.04 Å². The lowest BCUT2D eigenvalue weighted by Crippen LogP contribution is -2.27. The highest BCUT2D eigenvalue weighted by Gasteiger charge is 2.22. The number of hydrogen-bond acceptors (Lipinski definition) is 3. The zero-order valence-electron chi connectivity index (χ0n) is 9.26. The summed E-state index contributed by atoms with van der Waals surface area (Å²) in [6.45, 7) is 2.87. The van der Waals surface area contributed by atoms with E-state index in [9.17, 15) is 10.2 Å². The number of benzene rings is 1. The van der Waals surface area contributed by atoms with Crippen LogP contribution < -0.4 is 5.32 Å². The largest absolute Gasteiger partial charge is 0.504 e. The first kappa shape index (κ1) is 11.6. The summed E-state index contributed by atoms with van der Waals surface area (Å²) in [7, 11) is 0. The molecule has 4 heteroatoms. The molecule has 3 nitrogen and oxygen atoms in total. The summed E-state index contributed by atoms with van der Waals surface area (Å²) >= 11 is 6.09. The Labute approximate surface area is 100 Å². The zero-order valence-corrected chi connectivity index (χ0v) is 10.0. The van der Waals surface area contributed by atoms with Gasteiger partial charge in [-0.25, -0.2) is 0 Å². The van der Waals surface area contributed by atoms with E-state index in [1.807, 2.05) is 6.92 Å². The Morgan fingerprint density at radius 2 is 2.12 bits per heavy atom. The fraction of sp³-hybridized carbons (Fsp3) is 0.500. The van der Waals surface area contributed by atoms with E-state index in [0.717, 1.165) is 30.5 Å². The second kappa shape index (κ2) is 4.52. The number of halogens is 1. The Bertz CT molecular complexity index is 400. The van der Waals surface area contributed by atoms with Gasteiger partial charge in [0.2, 0.25) is 0 Å². The SMILES string of the molecule is Cc1cc(O)c(O)c(Cl)c1C1CCCCN1. The number of nitrogens with one attached hydrogen (secondary N) is 1. The highest BCUT2D eigenvalue weighted by Crippen LogP contribution is 2.41. The predicted octanol–water partition coefficient (Wildman–Crippen LogP) is 2.87. The number of aromatic hydroxyl groups is 2. The van der Waals surface area contributed by atoms with Crippen LogP contribution in [0.2, 0.25) is 5.02 Å². The molecule has 1 heterocycles. The third-order valence-corrected chi connectivity index (χ3v) is 3.51. The molecule has 0 aromatic heterocycles. The summed E-state index contributed by atoms with van der Waals surface area (Å²) in [5.74, 6) is -0.364. The van der Waals surface area contributed by atoms with Crippen molar-refractivity contribution in [3.8, 4) is 11.5 Å². The first-order chi connectivity index (χ1) is 7.61. The van der Waals surface area contributed by atoms with Crippen LogP contribution in [0.4, 0.5) is 0 Å². The lowest BCUT2D eigenvalue weighted by Gasteiger charge is -2.26. The van der Waals surface area contributed by atoms with Crippen molar-refractivity contribution in [2.75, 3.05) is 6.54 Å². The standard InChI is InChI=1S/C12H16ClNO2/c1-7-6-9(15)12(16)11(13)10(7)8-4-2-3-5-14-8/h6,8,14-16H,2-5H2,1H3. The molecular weight excluding hydrogens is 226 g/mol. The maximum Gasteiger partial charge on any atom is 0.176 e. The molecule has 1 aliphatic rings. The summed E-state index contributed by atoms with van der Waals surface area (Å²) in [6, 6.07) is 1.75. The molecule has 0 radical (unpaired) electrons. The number of phenols is 2. The first-order valence-electron chi connectivity index (χ1n) is 5.55. The van der Waals surface area contributed by atoms with Gasteiger partial charge >= 0.3 is 0 Å². The summed E-state index contributed by atoms with van der Waals surface area (Å²) in [4.78, 5) is 0. The average molecular weight is 242 g/mol. The van der Waals surface area contributed by atoms with E-state index < -0.39 is 0 Å². The van der Waals surface area contributed by atoms with Crippen molar-refractivity contribution < 1.29 is 10.2 Å². The molecule has 0 amide bonds. The molecule has 16 heavy (non-hydrogen) atoms. The minimum Gasteiger partial charge on any atom is -0.504 e. The van der Waals surface area contributed by atoms with Crippen LogP contribution in [0, 0.1) is 6.92 Å². The van der Waals surface area contributed by atoms with Crippen molar-refractivity contribution in [1.82, 2.24) is 5.32 Å². The normalized spacial score (nSPS) is 21.0. The van der Waals surface area contributed by atoms with Gasteiger partial charge in [0.25, 0.3) is 0 Å². The fourth-order valence-electron chi connectivity index (χ4n) is 2.29. The van der Waals surface area contributed by atoms with Gasteiger partial charge in [0.05, 0.1) is 5.02 Å². The minimum atomic E-state index is -0.213. The highest BCUT2D eigenvalue weighted by atomic mass is 35.5. The molecule has 1 aliphatic heterocycles. The number of rotatable bonds is 1. The third-order valence-electron chi connectivity index (χ3n) is 3.12. The average Bonchev–Trinajstić information content (AvgIpc) is 2.28. The Kier molecular flexibility index (Phi) is 3.26. The van der Waals surface area contributed by atoms with Crippen LogP contribution in [0.5, 0.6) is 11.5 Å². The van der Waals surface area contributed by atoms with E-state index in [1.165, 1.54) is 6.42 Å². The van der Waals surface area contributed by atoms with Crippen LogP contribution in [0.3, 0.4) is 0 Å². The molecule has 0 saturated carbocycles. The molecule has 2 rings (SSSR count). The molecule has 3 N–H and O–H groups in total. The fourth-order valence-corrected chi connectivity index (χ4v) is 2.67. The number of aryl methyl sites for hydroxylation is 1. The monoisotopic (exact) mass is 241 g/mol. The van der Waals surface area contributed by atoms with Gasteiger partial charge in [-0.3, -0.25) is 0 Å². The highest BCUT2D eigenvalue weighted by molar-refractivity contribution is 6.33. The summed E-state index contributed by atoms with van der Waals surface area (Å²) in [5, 5.41) is 22.7. The van der Waals surface area contributed by atoms with Gasteiger partial charge in [-0.1, -0.05) is 18.0 Å². The van der Waals surface area contributed by atoms with Crippen molar-refractivity contribution >= 4 is 11.6 Å². The molecule has 1 fully saturated rings. The lowest BCUT2D eigenvalue weighted by molar-refractivity contribution is 0.392. The molecule has 0 spiro atoms. The molecule has 0 bridgehead atoms. The molecule has 1 saturated heterocycles. The molecular formula is C12H16ClNO2. The summed E-state index contributed by atoms with van der Waals surface area (Å²) in [6.07, 6.45) is 3.36. The second-order valence-corrected chi connectivity index (χ2v) is 4.67. The number of phenolic OH excluding ortho intramolecular Hbond substituents is 2. The van der Waals surface area contributed by atoms with E-state index >= 15 is 0 Å². The predicted molar refractivity (Wildman–Crippen MR) is 64.1 cm³/mol. The minimum absolute atomic E-state index is 0.151. The molecule has 1 atom stereocenters. The van der Waals surface area contributed by atoms with Crippen molar-refractivity contribution in [3.63, 3.8) is 0 Å². The lowest BCUT2D eigenvalue weighted by atomic mass is 9.93. The van der Waals surface area contributed by atoms with Crippen molar-refractivity contribution in [2.24, 2.45) is 0 Å². The first-order valence-corrected chi connectivity index (χ1v) is 5.93. The van der Waals surface area contributed by atoms with E-state index in [4.69, 9.17) is 11.6 Å². The van der Waals surface area contributed by atoms with Gasteiger partial charge < -0.3 is 15.5 Å². The van der Waals surface area contributed by atoms with Crippen LogP contribution in [0.1, 0.15) is 36.4 Å². The van der Waals surface area contributed by atoms with Gasteiger partial charge in [0.15, 0.2) is 11.5 Å². The number of piperidine rings is 1. The summed E-state index contributed by atoms with van der Waals surface area (Å²) < 4.78 is 0. The Hall–Kier alpha value is -0.930. The zero-order chi connectivity index (χ0) is 11.7. The molecule has 0 aliphatic carbocycles. The van der Waals surface area contributed by atoms with Crippen LogP contribution in [-0.2, 0) is 0 Å². The van der Waals surface area contributed by atoms with Crippen LogP contribution >= 0.6 is 11.6 Å². The van der Waals surface area contributed by atoms with Gasteiger partial charge in [-0.2, -0.15) is 0 Å². The molecule has 88 valence electrons. The van der Waals surface area contributed by atoms with Crippen LogP contribution in [-0.4, -0.2) is 16.8 Å². The van der Waals surface area contributed by atoms with Crippen LogP contribution in [0.25, 0.3) is 0 Å².